The summed E-state index contributed by atoms with van der Waals surface area (Å²) >= 11 is 0. The van der Waals surface area contributed by atoms with Crippen LogP contribution in [0.15, 0.2) is 30.3 Å². The number of rotatable bonds is 9. The molecule has 2 rings (SSSR count). The molecule has 6 heteroatoms. The van der Waals surface area contributed by atoms with Crippen molar-refractivity contribution in [2.24, 2.45) is 5.92 Å². The quantitative estimate of drug-likeness (QED) is 0.661. The van der Waals surface area contributed by atoms with Crippen molar-refractivity contribution in [3.8, 4) is 0 Å². The summed E-state index contributed by atoms with van der Waals surface area (Å²) in [6.07, 6.45) is 4.41. The molecule has 142 valence electrons. The van der Waals surface area contributed by atoms with Crippen LogP contribution in [0.25, 0.3) is 0 Å². The number of carbonyl (C=O) groups excluding carboxylic acids is 2. The molecule has 26 heavy (non-hydrogen) atoms. The number of unbranched alkanes of at least 4 members (excludes halogenated alkanes) is 2. The molecule has 0 radical (unpaired) electrons. The second kappa shape index (κ2) is 10.6. The molecule has 1 aliphatic rings. The summed E-state index contributed by atoms with van der Waals surface area (Å²) in [5.74, 6) is -0.859. The van der Waals surface area contributed by atoms with Crippen LogP contribution in [0.3, 0.4) is 0 Å². The van der Waals surface area contributed by atoms with Gasteiger partial charge in [0.25, 0.3) is 0 Å². The lowest BCUT2D eigenvalue weighted by atomic mass is 9.96. The summed E-state index contributed by atoms with van der Waals surface area (Å²) in [6.45, 7) is 1.76. The highest BCUT2D eigenvalue weighted by molar-refractivity contribution is 5.82. The van der Waals surface area contributed by atoms with Gasteiger partial charge in [-0.3, -0.25) is 14.4 Å². The van der Waals surface area contributed by atoms with Crippen molar-refractivity contribution in [1.29, 1.82) is 0 Å². The molecule has 6 nitrogen and oxygen atoms in total. The van der Waals surface area contributed by atoms with Crippen LogP contribution in [0.4, 0.5) is 0 Å². The largest absolute Gasteiger partial charge is 0.481 e. The first-order valence-electron chi connectivity index (χ1n) is 9.37. The van der Waals surface area contributed by atoms with Crippen LogP contribution in [0.2, 0.25) is 0 Å². The van der Waals surface area contributed by atoms with Crippen molar-refractivity contribution >= 4 is 17.8 Å². The van der Waals surface area contributed by atoms with E-state index in [-0.39, 0.29) is 24.2 Å². The second-order valence-electron chi connectivity index (χ2n) is 6.84. The van der Waals surface area contributed by atoms with Gasteiger partial charge in [0.1, 0.15) is 0 Å². The second-order valence-corrected chi connectivity index (χ2v) is 6.84. The SMILES string of the molecule is O=C(O)CCCCCNC(=O)C1CCCN(C(=O)Cc2ccccc2)C1. The van der Waals surface area contributed by atoms with E-state index in [1.807, 2.05) is 30.3 Å². The highest BCUT2D eigenvalue weighted by atomic mass is 16.4. The first kappa shape index (κ1) is 19.9. The molecule has 1 aliphatic heterocycles. The van der Waals surface area contributed by atoms with Gasteiger partial charge < -0.3 is 15.3 Å². The number of hydrogen-bond donors (Lipinski definition) is 2. The molecule has 1 aromatic carbocycles. The Bertz CT molecular complexity index is 603. The third-order valence-corrected chi connectivity index (χ3v) is 4.71. The van der Waals surface area contributed by atoms with E-state index in [9.17, 15) is 14.4 Å². The number of aliphatic carboxylic acids is 1. The molecular formula is C20H28N2O4. The first-order valence-corrected chi connectivity index (χ1v) is 9.37. The average molecular weight is 360 g/mol. The Morgan fingerprint density at radius 1 is 1.12 bits per heavy atom. The van der Waals surface area contributed by atoms with Gasteiger partial charge in [-0.15, -0.1) is 0 Å². The fourth-order valence-electron chi connectivity index (χ4n) is 3.23. The lowest BCUT2D eigenvalue weighted by Crippen LogP contribution is -2.46. The summed E-state index contributed by atoms with van der Waals surface area (Å²) in [5, 5.41) is 11.5. The number of benzene rings is 1. The van der Waals surface area contributed by atoms with Gasteiger partial charge in [-0.1, -0.05) is 36.8 Å². The van der Waals surface area contributed by atoms with Crippen LogP contribution in [0, 0.1) is 5.92 Å². The third-order valence-electron chi connectivity index (χ3n) is 4.71. The van der Waals surface area contributed by atoms with Crippen molar-refractivity contribution in [3.05, 3.63) is 35.9 Å². The van der Waals surface area contributed by atoms with Crippen LogP contribution in [0.1, 0.15) is 44.1 Å². The highest BCUT2D eigenvalue weighted by Gasteiger charge is 2.28. The van der Waals surface area contributed by atoms with Gasteiger partial charge in [-0.25, -0.2) is 0 Å². The Morgan fingerprint density at radius 2 is 1.88 bits per heavy atom. The number of nitrogens with zero attached hydrogens (tertiary/aromatic N) is 1. The van der Waals surface area contributed by atoms with Gasteiger partial charge in [0.05, 0.1) is 12.3 Å². The zero-order valence-corrected chi connectivity index (χ0v) is 15.2. The number of likely N-dealkylation sites (tertiary alicyclic amines) is 1. The fourth-order valence-corrected chi connectivity index (χ4v) is 3.23. The number of amides is 2. The monoisotopic (exact) mass is 360 g/mol. The summed E-state index contributed by atoms with van der Waals surface area (Å²) < 4.78 is 0. The number of nitrogens with one attached hydrogen (secondary N) is 1. The van der Waals surface area contributed by atoms with E-state index in [1.165, 1.54) is 0 Å². The lowest BCUT2D eigenvalue weighted by Gasteiger charge is -2.32. The standard InChI is InChI=1S/C20H28N2O4/c23-18(14-16-8-3-1-4-9-16)22-13-7-10-17(15-22)20(26)21-12-6-2-5-11-19(24)25/h1,3-4,8-9,17H,2,5-7,10-15H2,(H,21,26)(H,24,25). The van der Waals surface area contributed by atoms with E-state index >= 15 is 0 Å². The molecule has 1 aromatic rings. The summed E-state index contributed by atoms with van der Waals surface area (Å²) in [5.41, 5.74) is 0.991. The maximum Gasteiger partial charge on any atom is 0.303 e. The number of hydrogen-bond acceptors (Lipinski definition) is 3. The minimum absolute atomic E-state index is 0.000413. The zero-order chi connectivity index (χ0) is 18.8. The van der Waals surface area contributed by atoms with E-state index in [0.717, 1.165) is 31.2 Å². The van der Waals surface area contributed by atoms with Gasteiger partial charge in [0.15, 0.2) is 0 Å². The average Bonchev–Trinajstić information content (AvgIpc) is 2.65. The Balaban J connectivity index is 1.70. The Morgan fingerprint density at radius 3 is 2.62 bits per heavy atom. The lowest BCUT2D eigenvalue weighted by molar-refractivity contribution is -0.137. The predicted octanol–water partition coefficient (Wildman–Crippen LogP) is 2.23. The van der Waals surface area contributed by atoms with E-state index in [4.69, 9.17) is 5.11 Å². The number of carboxylic acid groups (broad SMARTS) is 1. The predicted molar refractivity (Wildman–Crippen MR) is 98.6 cm³/mol. The maximum atomic E-state index is 12.5. The van der Waals surface area contributed by atoms with Crippen LogP contribution in [0.5, 0.6) is 0 Å². The molecule has 0 aromatic heterocycles. The third kappa shape index (κ3) is 6.86. The topological polar surface area (TPSA) is 86.7 Å². The molecule has 1 atom stereocenters. The van der Waals surface area contributed by atoms with Crippen LogP contribution < -0.4 is 5.32 Å². The van der Waals surface area contributed by atoms with Gasteiger partial charge in [0.2, 0.25) is 11.8 Å². The van der Waals surface area contributed by atoms with Crippen LogP contribution >= 0.6 is 0 Å². The first-order chi connectivity index (χ1) is 12.6. The number of piperidine rings is 1. The molecule has 1 fully saturated rings. The maximum absolute atomic E-state index is 12.5. The highest BCUT2D eigenvalue weighted by Crippen LogP contribution is 2.18. The van der Waals surface area contributed by atoms with Crippen LogP contribution in [-0.4, -0.2) is 47.4 Å². The molecular weight excluding hydrogens is 332 g/mol. The number of carbonyl (C=O) groups is 3. The van der Waals surface area contributed by atoms with Crippen molar-refractivity contribution in [2.45, 2.75) is 44.9 Å². The van der Waals surface area contributed by atoms with E-state index in [1.54, 1.807) is 4.90 Å². The molecule has 0 aliphatic carbocycles. The molecule has 0 saturated carbocycles. The Kier molecular flexibility index (Phi) is 8.12. The minimum Gasteiger partial charge on any atom is -0.481 e. The van der Waals surface area contributed by atoms with Gasteiger partial charge >= 0.3 is 5.97 Å². The van der Waals surface area contributed by atoms with Crippen molar-refractivity contribution < 1.29 is 19.5 Å². The molecule has 1 saturated heterocycles. The van der Waals surface area contributed by atoms with E-state index in [2.05, 4.69) is 5.32 Å². The van der Waals surface area contributed by atoms with Crippen molar-refractivity contribution in [2.75, 3.05) is 19.6 Å². The van der Waals surface area contributed by atoms with Gasteiger partial charge in [-0.05, 0) is 31.2 Å². The zero-order valence-electron chi connectivity index (χ0n) is 15.2. The Hall–Kier alpha value is -2.37. The molecule has 2 amide bonds. The molecule has 1 unspecified atom stereocenters. The minimum atomic E-state index is -0.781. The van der Waals surface area contributed by atoms with Crippen molar-refractivity contribution in [1.82, 2.24) is 10.2 Å². The fraction of sp³-hybridized carbons (Fsp3) is 0.550. The van der Waals surface area contributed by atoms with Crippen molar-refractivity contribution in [3.63, 3.8) is 0 Å². The summed E-state index contributed by atoms with van der Waals surface area (Å²) in [4.78, 5) is 37.0. The summed E-state index contributed by atoms with van der Waals surface area (Å²) in [7, 11) is 0. The molecule has 0 spiro atoms. The number of carboxylic acids is 1. The molecule has 1 heterocycles. The molecule has 0 bridgehead atoms. The van der Waals surface area contributed by atoms with Crippen LogP contribution in [-0.2, 0) is 20.8 Å². The normalized spacial score (nSPS) is 16.9. The smallest absolute Gasteiger partial charge is 0.303 e. The molecule has 2 N–H and O–H groups in total. The summed E-state index contributed by atoms with van der Waals surface area (Å²) in [6, 6.07) is 9.65. The van der Waals surface area contributed by atoms with E-state index < -0.39 is 5.97 Å². The van der Waals surface area contributed by atoms with Gasteiger partial charge in [-0.2, -0.15) is 0 Å². The van der Waals surface area contributed by atoms with Gasteiger partial charge in [0, 0.05) is 26.1 Å². The van der Waals surface area contributed by atoms with E-state index in [0.29, 0.717) is 32.5 Å². The Labute approximate surface area is 154 Å².